The van der Waals surface area contributed by atoms with Crippen LogP contribution in [0.25, 0.3) is 0 Å². The van der Waals surface area contributed by atoms with Gasteiger partial charge in [-0.2, -0.15) is 0 Å². The van der Waals surface area contributed by atoms with Crippen LogP contribution < -0.4 is 10.9 Å². The Balaban J connectivity index is 2.22. The third-order valence-corrected chi connectivity index (χ3v) is 1.81. The molecule has 1 aliphatic heterocycles. The average molecular weight is 218 g/mol. The van der Waals surface area contributed by atoms with Gasteiger partial charge in [0.25, 0.3) is 0 Å². The van der Waals surface area contributed by atoms with E-state index in [9.17, 15) is 9.90 Å². The normalized spacial score (nSPS) is 26.4. The molecule has 0 radical (unpaired) electrons. The van der Waals surface area contributed by atoms with Crippen molar-refractivity contribution in [2.24, 2.45) is 0 Å². The van der Waals surface area contributed by atoms with Crippen molar-refractivity contribution in [1.82, 2.24) is 10.9 Å². The van der Waals surface area contributed by atoms with Crippen LogP contribution in [0.5, 0.6) is 0 Å². The molecule has 0 aromatic heterocycles. The minimum absolute atomic E-state index is 0.280. The number of nitrogens with one attached hydrogen (secondary N) is 2. The molecule has 2 atom stereocenters. The molecule has 1 amide bonds. The number of hydrogen-bond acceptors (Lipinski definition) is 5. The number of hydrazine groups is 1. The number of ether oxygens (including phenoxy) is 2. The van der Waals surface area contributed by atoms with Crippen molar-refractivity contribution in [2.45, 2.75) is 38.5 Å². The van der Waals surface area contributed by atoms with Crippen LogP contribution in [0.15, 0.2) is 0 Å². The zero-order valence-corrected chi connectivity index (χ0v) is 9.24. The summed E-state index contributed by atoms with van der Waals surface area (Å²) in [4.78, 5) is 11.2. The van der Waals surface area contributed by atoms with Gasteiger partial charge in [0.2, 0.25) is 0 Å². The molecule has 3 N–H and O–H groups in total. The van der Waals surface area contributed by atoms with Gasteiger partial charge in [0, 0.05) is 0 Å². The second kappa shape index (κ2) is 4.78. The van der Waals surface area contributed by atoms with Crippen LogP contribution >= 0.6 is 0 Å². The number of hydrogen-bond donors (Lipinski definition) is 3. The van der Waals surface area contributed by atoms with E-state index in [4.69, 9.17) is 9.47 Å². The summed E-state index contributed by atoms with van der Waals surface area (Å²) < 4.78 is 10.00. The number of amides is 1. The molecule has 1 heterocycles. The van der Waals surface area contributed by atoms with Crippen molar-refractivity contribution >= 4 is 6.09 Å². The summed E-state index contributed by atoms with van der Waals surface area (Å²) in [6.07, 6.45) is -1.17. The van der Waals surface area contributed by atoms with E-state index in [2.05, 4.69) is 10.9 Å². The fourth-order valence-corrected chi connectivity index (χ4v) is 1.14. The lowest BCUT2D eigenvalue weighted by Gasteiger charge is -2.21. The molecule has 1 saturated heterocycles. The number of aliphatic hydroxyl groups is 1. The first-order chi connectivity index (χ1) is 6.88. The van der Waals surface area contributed by atoms with Crippen molar-refractivity contribution in [3.63, 3.8) is 0 Å². The first-order valence-electron chi connectivity index (χ1n) is 4.89. The fraction of sp³-hybridized carbons (Fsp3) is 0.889. The third-order valence-electron chi connectivity index (χ3n) is 1.81. The Hall–Kier alpha value is -0.850. The van der Waals surface area contributed by atoms with Gasteiger partial charge in [0.05, 0.1) is 25.4 Å². The Bertz CT molecular complexity index is 227. The van der Waals surface area contributed by atoms with Crippen LogP contribution in [-0.2, 0) is 9.47 Å². The van der Waals surface area contributed by atoms with Crippen molar-refractivity contribution in [3.05, 3.63) is 0 Å². The number of aliphatic hydroxyl groups excluding tert-OH is 1. The summed E-state index contributed by atoms with van der Waals surface area (Å²) in [6.45, 7) is 5.99. The van der Waals surface area contributed by atoms with Crippen molar-refractivity contribution < 1.29 is 19.4 Å². The van der Waals surface area contributed by atoms with Gasteiger partial charge in [-0.15, -0.1) is 0 Å². The van der Waals surface area contributed by atoms with E-state index in [1.54, 1.807) is 20.8 Å². The molecule has 6 nitrogen and oxygen atoms in total. The number of carbonyl (C=O) groups is 1. The van der Waals surface area contributed by atoms with Gasteiger partial charge in [-0.3, -0.25) is 5.43 Å². The number of rotatable bonds is 2. The van der Waals surface area contributed by atoms with Crippen molar-refractivity contribution in [1.29, 1.82) is 0 Å². The number of carbonyl (C=O) groups excluding carboxylic acids is 1. The van der Waals surface area contributed by atoms with Gasteiger partial charge in [-0.1, -0.05) is 0 Å². The Morgan fingerprint density at radius 2 is 2.13 bits per heavy atom. The summed E-state index contributed by atoms with van der Waals surface area (Å²) >= 11 is 0. The fourth-order valence-electron chi connectivity index (χ4n) is 1.14. The van der Waals surface area contributed by atoms with Crippen LogP contribution in [0.4, 0.5) is 4.79 Å². The minimum atomic E-state index is -0.597. The molecule has 6 heteroatoms. The van der Waals surface area contributed by atoms with Gasteiger partial charge in [-0.05, 0) is 20.8 Å². The molecule has 0 bridgehead atoms. The quantitative estimate of drug-likeness (QED) is 0.558. The SMILES string of the molecule is CC(C)(C)OC(=O)NN[C@@H]1COC[C@H]1O. The Morgan fingerprint density at radius 3 is 2.60 bits per heavy atom. The zero-order chi connectivity index (χ0) is 11.5. The molecule has 88 valence electrons. The van der Waals surface area contributed by atoms with E-state index in [1.165, 1.54) is 0 Å². The highest BCUT2D eigenvalue weighted by atomic mass is 16.6. The first kappa shape index (κ1) is 12.2. The first-order valence-corrected chi connectivity index (χ1v) is 4.89. The lowest BCUT2D eigenvalue weighted by atomic mass is 10.2. The zero-order valence-electron chi connectivity index (χ0n) is 9.24. The standard InChI is InChI=1S/C9H18N2O4/c1-9(2,3)15-8(13)11-10-6-4-14-5-7(6)12/h6-7,10,12H,4-5H2,1-3H3,(H,11,13)/t6-,7-/m1/s1. The molecule has 1 fully saturated rings. The lowest BCUT2D eigenvalue weighted by Crippen LogP contribution is -2.50. The maximum absolute atomic E-state index is 11.2. The smallest absolute Gasteiger partial charge is 0.422 e. The van der Waals surface area contributed by atoms with Crippen molar-refractivity contribution in [2.75, 3.05) is 13.2 Å². The van der Waals surface area contributed by atoms with Crippen molar-refractivity contribution in [3.8, 4) is 0 Å². The highest BCUT2D eigenvalue weighted by molar-refractivity contribution is 5.67. The highest BCUT2D eigenvalue weighted by Crippen LogP contribution is 2.07. The molecule has 0 aromatic carbocycles. The second-order valence-electron chi connectivity index (χ2n) is 4.48. The van der Waals surface area contributed by atoms with Crippen LogP contribution in [-0.4, -0.2) is 42.2 Å². The topological polar surface area (TPSA) is 79.8 Å². The molecule has 1 rings (SSSR count). The van der Waals surface area contributed by atoms with Gasteiger partial charge in [0.15, 0.2) is 0 Å². The minimum Gasteiger partial charge on any atom is -0.443 e. The molecule has 0 spiro atoms. The Morgan fingerprint density at radius 1 is 1.47 bits per heavy atom. The summed E-state index contributed by atoms with van der Waals surface area (Å²) in [5, 5.41) is 9.35. The molecule has 0 aromatic rings. The van der Waals surface area contributed by atoms with E-state index < -0.39 is 17.8 Å². The van der Waals surface area contributed by atoms with E-state index in [0.717, 1.165) is 0 Å². The van der Waals surface area contributed by atoms with E-state index in [1.807, 2.05) is 0 Å². The van der Waals surface area contributed by atoms with Crippen LogP contribution in [0.3, 0.4) is 0 Å². The molecule has 15 heavy (non-hydrogen) atoms. The van der Waals surface area contributed by atoms with Gasteiger partial charge in [-0.25, -0.2) is 10.2 Å². The molecule has 0 aliphatic carbocycles. The van der Waals surface area contributed by atoms with E-state index >= 15 is 0 Å². The second-order valence-corrected chi connectivity index (χ2v) is 4.48. The molecule has 0 saturated carbocycles. The van der Waals surface area contributed by atoms with Gasteiger partial charge < -0.3 is 14.6 Å². The summed E-state index contributed by atoms with van der Waals surface area (Å²) in [7, 11) is 0. The maximum Gasteiger partial charge on any atom is 0.422 e. The van der Waals surface area contributed by atoms with E-state index in [0.29, 0.717) is 6.61 Å². The lowest BCUT2D eigenvalue weighted by molar-refractivity contribution is 0.0470. The van der Waals surface area contributed by atoms with Gasteiger partial charge in [0.1, 0.15) is 5.60 Å². The Labute approximate surface area is 88.9 Å². The predicted molar refractivity (Wildman–Crippen MR) is 53.1 cm³/mol. The van der Waals surface area contributed by atoms with Crippen LogP contribution in [0.2, 0.25) is 0 Å². The van der Waals surface area contributed by atoms with E-state index in [-0.39, 0.29) is 12.6 Å². The maximum atomic E-state index is 11.2. The summed E-state index contributed by atoms with van der Waals surface area (Å²) in [5.74, 6) is 0. The largest absolute Gasteiger partial charge is 0.443 e. The van der Waals surface area contributed by atoms with Gasteiger partial charge >= 0.3 is 6.09 Å². The molecule has 1 aliphatic rings. The molecule has 0 unspecified atom stereocenters. The highest BCUT2D eigenvalue weighted by Gasteiger charge is 2.26. The predicted octanol–water partition coefficient (Wildman–Crippen LogP) is -0.225. The van der Waals surface area contributed by atoms with Crippen LogP contribution in [0.1, 0.15) is 20.8 Å². The van der Waals surface area contributed by atoms with Crippen LogP contribution in [0, 0.1) is 0 Å². The Kier molecular flexibility index (Phi) is 3.90. The average Bonchev–Trinajstić information content (AvgIpc) is 2.44. The summed E-state index contributed by atoms with van der Waals surface area (Å²) in [6, 6.07) is -0.280. The monoisotopic (exact) mass is 218 g/mol. The molecular formula is C9H18N2O4. The third kappa shape index (κ3) is 4.46. The molecular weight excluding hydrogens is 200 g/mol. The summed E-state index contributed by atoms with van der Waals surface area (Å²) in [5.41, 5.74) is 4.48.